The topological polar surface area (TPSA) is 30.2 Å². The van der Waals surface area contributed by atoms with E-state index in [0.29, 0.717) is 16.5 Å². The number of rotatable bonds is 3. The third kappa shape index (κ3) is 2.10. The van der Waals surface area contributed by atoms with Crippen LogP contribution in [0.15, 0.2) is 12.1 Å². The number of pyridine rings is 1. The van der Waals surface area contributed by atoms with E-state index in [9.17, 15) is 5.21 Å². The molecule has 0 bridgehead atoms. The predicted molar refractivity (Wildman–Crippen MR) is 58.7 cm³/mol. The molecule has 0 fully saturated rings. The molecule has 1 rings (SSSR count). The summed E-state index contributed by atoms with van der Waals surface area (Å²) in [7, 11) is 0. The number of nitrogens with zero attached hydrogens (tertiary/aromatic N) is 2. The fourth-order valence-electron chi connectivity index (χ4n) is 1.43. The van der Waals surface area contributed by atoms with Crippen molar-refractivity contribution in [2.45, 2.75) is 20.8 Å². The van der Waals surface area contributed by atoms with Crippen molar-refractivity contribution in [2.24, 2.45) is 0 Å². The zero-order chi connectivity index (χ0) is 10.7. The van der Waals surface area contributed by atoms with Crippen LogP contribution in [0.3, 0.4) is 0 Å². The van der Waals surface area contributed by atoms with E-state index in [1.54, 1.807) is 19.1 Å². The van der Waals surface area contributed by atoms with Crippen molar-refractivity contribution < 1.29 is 4.73 Å². The van der Waals surface area contributed by atoms with Gasteiger partial charge in [0.2, 0.25) is 0 Å². The molecule has 0 saturated heterocycles. The Kier molecular flexibility index (Phi) is 3.58. The van der Waals surface area contributed by atoms with E-state index in [0.717, 1.165) is 17.8 Å². The lowest BCUT2D eigenvalue weighted by atomic mass is 10.3. The van der Waals surface area contributed by atoms with Crippen LogP contribution >= 0.6 is 11.6 Å². The lowest BCUT2D eigenvalue weighted by molar-refractivity contribution is -0.599. The lowest BCUT2D eigenvalue weighted by Crippen LogP contribution is -2.40. The summed E-state index contributed by atoms with van der Waals surface area (Å²) < 4.78 is 0.916. The van der Waals surface area contributed by atoms with Crippen molar-refractivity contribution in [3.63, 3.8) is 0 Å². The maximum absolute atomic E-state index is 11.7. The average molecular weight is 215 g/mol. The zero-order valence-corrected chi connectivity index (χ0v) is 9.51. The lowest BCUT2D eigenvalue weighted by Gasteiger charge is -2.19. The third-order valence-electron chi connectivity index (χ3n) is 2.23. The van der Waals surface area contributed by atoms with Gasteiger partial charge in [-0.25, -0.2) is 4.73 Å². The first-order chi connectivity index (χ1) is 6.60. The standard InChI is InChI=1S/C10H15ClN2O/c1-4-12(5-2)10-7-9(11)6-8(3)13(10)14/h6-7H,4-5H2,1-3H3. The van der Waals surface area contributed by atoms with Gasteiger partial charge in [-0.3, -0.25) is 4.90 Å². The molecule has 0 amide bonds. The summed E-state index contributed by atoms with van der Waals surface area (Å²) in [6, 6.07) is 3.37. The van der Waals surface area contributed by atoms with Gasteiger partial charge in [0.15, 0.2) is 0 Å². The number of halogens is 1. The highest BCUT2D eigenvalue weighted by Gasteiger charge is 2.14. The minimum absolute atomic E-state index is 0.608. The van der Waals surface area contributed by atoms with Crippen LogP contribution in [0.2, 0.25) is 5.02 Å². The number of hydrogen-bond acceptors (Lipinski definition) is 2. The minimum Gasteiger partial charge on any atom is -0.710 e. The van der Waals surface area contributed by atoms with Crippen LogP contribution in [0, 0.1) is 12.1 Å². The van der Waals surface area contributed by atoms with Crippen molar-refractivity contribution in [3.8, 4) is 0 Å². The molecule has 14 heavy (non-hydrogen) atoms. The van der Waals surface area contributed by atoms with Gasteiger partial charge in [0.05, 0.1) is 18.1 Å². The Hall–Kier alpha value is -0.960. The van der Waals surface area contributed by atoms with Crippen molar-refractivity contribution in [1.82, 2.24) is 0 Å². The van der Waals surface area contributed by atoms with E-state index in [-0.39, 0.29) is 0 Å². The van der Waals surface area contributed by atoms with Crippen LogP contribution in [0.1, 0.15) is 19.5 Å². The maximum Gasteiger partial charge on any atom is 0.281 e. The Morgan fingerprint density at radius 3 is 2.43 bits per heavy atom. The zero-order valence-electron chi connectivity index (χ0n) is 8.75. The normalized spacial score (nSPS) is 10.3. The fraction of sp³-hybridized carbons (Fsp3) is 0.500. The van der Waals surface area contributed by atoms with Crippen molar-refractivity contribution >= 4 is 17.4 Å². The fourth-order valence-corrected chi connectivity index (χ4v) is 1.69. The Balaban J connectivity index is 3.18. The molecular weight excluding hydrogens is 200 g/mol. The summed E-state index contributed by atoms with van der Waals surface area (Å²) in [6.07, 6.45) is 0. The molecule has 3 nitrogen and oxygen atoms in total. The summed E-state index contributed by atoms with van der Waals surface area (Å²) >= 11 is 5.90. The van der Waals surface area contributed by atoms with Gasteiger partial charge in [-0.15, -0.1) is 0 Å². The van der Waals surface area contributed by atoms with Crippen LogP contribution in [0.25, 0.3) is 0 Å². The molecule has 0 unspecified atom stereocenters. The Morgan fingerprint density at radius 2 is 1.93 bits per heavy atom. The minimum atomic E-state index is 0.608. The molecule has 0 saturated carbocycles. The first-order valence-electron chi connectivity index (χ1n) is 4.74. The highest BCUT2D eigenvalue weighted by Crippen LogP contribution is 2.16. The van der Waals surface area contributed by atoms with Gasteiger partial charge in [-0.2, -0.15) is 0 Å². The van der Waals surface area contributed by atoms with Crippen LogP contribution in [-0.2, 0) is 0 Å². The first kappa shape index (κ1) is 11.1. The van der Waals surface area contributed by atoms with Crippen molar-refractivity contribution in [3.05, 3.63) is 28.1 Å². The van der Waals surface area contributed by atoms with Gasteiger partial charge in [0.25, 0.3) is 5.82 Å². The number of anilines is 1. The summed E-state index contributed by atoms with van der Waals surface area (Å²) in [5, 5.41) is 12.3. The number of hydrogen-bond donors (Lipinski definition) is 0. The molecule has 0 aliphatic carbocycles. The van der Waals surface area contributed by atoms with Crippen LogP contribution in [0.5, 0.6) is 0 Å². The van der Waals surface area contributed by atoms with Crippen molar-refractivity contribution in [1.29, 1.82) is 0 Å². The molecule has 1 heterocycles. The molecule has 0 aliphatic heterocycles. The third-order valence-corrected chi connectivity index (χ3v) is 2.45. The van der Waals surface area contributed by atoms with Gasteiger partial charge < -0.3 is 5.21 Å². The second kappa shape index (κ2) is 4.51. The number of aryl methyl sites for hydroxylation is 1. The Bertz CT molecular complexity index is 324. The Labute approximate surface area is 89.5 Å². The maximum atomic E-state index is 11.7. The quantitative estimate of drug-likeness (QED) is 0.570. The number of aromatic nitrogens is 1. The molecule has 4 heteroatoms. The van der Waals surface area contributed by atoms with Crippen LogP contribution in [-0.4, -0.2) is 13.1 Å². The van der Waals surface area contributed by atoms with Gasteiger partial charge in [0.1, 0.15) is 5.69 Å². The summed E-state index contributed by atoms with van der Waals surface area (Å²) in [6.45, 7) is 7.39. The highest BCUT2D eigenvalue weighted by atomic mass is 35.5. The molecule has 0 aliphatic rings. The largest absolute Gasteiger partial charge is 0.710 e. The highest BCUT2D eigenvalue weighted by molar-refractivity contribution is 6.30. The molecule has 1 aromatic rings. The van der Waals surface area contributed by atoms with E-state index in [2.05, 4.69) is 0 Å². The predicted octanol–water partition coefficient (Wildman–Crippen LogP) is 2.13. The van der Waals surface area contributed by atoms with E-state index in [4.69, 9.17) is 11.6 Å². The van der Waals surface area contributed by atoms with Gasteiger partial charge >= 0.3 is 0 Å². The first-order valence-corrected chi connectivity index (χ1v) is 5.12. The molecule has 0 aromatic carbocycles. The molecule has 0 radical (unpaired) electrons. The summed E-state index contributed by atoms with van der Waals surface area (Å²) in [4.78, 5) is 1.98. The molecule has 0 spiro atoms. The van der Waals surface area contributed by atoms with E-state index in [1.807, 2.05) is 18.7 Å². The molecular formula is C10H15ClN2O. The van der Waals surface area contributed by atoms with Gasteiger partial charge in [-0.05, 0) is 26.8 Å². The molecule has 78 valence electrons. The van der Waals surface area contributed by atoms with E-state index >= 15 is 0 Å². The Morgan fingerprint density at radius 1 is 1.36 bits per heavy atom. The average Bonchev–Trinajstić information content (AvgIpc) is 2.15. The van der Waals surface area contributed by atoms with Crippen LogP contribution < -0.4 is 9.63 Å². The van der Waals surface area contributed by atoms with E-state index in [1.165, 1.54) is 0 Å². The summed E-state index contributed by atoms with van der Waals surface area (Å²) in [5.41, 5.74) is 0.624. The summed E-state index contributed by atoms with van der Waals surface area (Å²) in [5.74, 6) is 0.625. The van der Waals surface area contributed by atoms with Gasteiger partial charge in [-0.1, -0.05) is 11.6 Å². The second-order valence-corrected chi connectivity index (χ2v) is 3.58. The molecule has 0 N–H and O–H groups in total. The van der Waals surface area contributed by atoms with E-state index < -0.39 is 0 Å². The van der Waals surface area contributed by atoms with Gasteiger partial charge in [0, 0.05) is 6.07 Å². The SMILES string of the molecule is CCN(CC)c1cc(Cl)cc(C)[n+]1[O-]. The molecule has 0 atom stereocenters. The van der Waals surface area contributed by atoms with Crippen molar-refractivity contribution in [2.75, 3.05) is 18.0 Å². The monoisotopic (exact) mass is 214 g/mol. The van der Waals surface area contributed by atoms with Crippen LogP contribution in [0.4, 0.5) is 5.82 Å². The smallest absolute Gasteiger partial charge is 0.281 e. The second-order valence-electron chi connectivity index (χ2n) is 3.14. The molecule has 1 aromatic heterocycles.